The average molecular weight is 435 g/mol. The van der Waals surface area contributed by atoms with Gasteiger partial charge in [-0.15, -0.1) is 0 Å². The molecule has 9 nitrogen and oxygen atoms in total. The molecule has 0 radical (unpaired) electrons. The van der Waals surface area contributed by atoms with Crippen LogP contribution in [0.4, 0.5) is 11.5 Å². The number of amides is 1. The zero-order valence-corrected chi connectivity index (χ0v) is 17.3. The van der Waals surface area contributed by atoms with Gasteiger partial charge in [-0.05, 0) is 37.3 Å². The van der Waals surface area contributed by atoms with Crippen molar-refractivity contribution in [1.82, 2.24) is 4.98 Å². The number of aromatic nitrogens is 1. The predicted molar refractivity (Wildman–Crippen MR) is 112 cm³/mol. The van der Waals surface area contributed by atoms with Crippen LogP contribution in [-0.4, -0.2) is 29.2 Å². The molecular weight excluding hydrogens is 418 g/mol. The molecule has 10 heteroatoms. The van der Waals surface area contributed by atoms with E-state index in [0.29, 0.717) is 38.9 Å². The summed E-state index contributed by atoms with van der Waals surface area (Å²) in [5.74, 6) is 0.327. The van der Waals surface area contributed by atoms with Gasteiger partial charge in [0.1, 0.15) is 23.0 Å². The standard InChI is InChI=1S/C21H17N5O4S/c1-10(27)13-4-12(5-16-19(13)30-9-29-16)25-17(28)8-31-21-15(7-23)18(11-2-3-11)14(6-22)20(24)26-21/h4-5,11H,2-3,8-9H2,1H3,(H2,24,26)(H,25,28). The van der Waals surface area contributed by atoms with Crippen LogP contribution in [0.2, 0.25) is 0 Å². The number of benzene rings is 1. The van der Waals surface area contributed by atoms with E-state index in [0.717, 1.165) is 24.6 Å². The number of carbonyl (C=O) groups is 2. The lowest BCUT2D eigenvalue weighted by atomic mass is 10.0. The molecule has 1 amide bonds. The van der Waals surface area contributed by atoms with Crippen LogP contribution in [0.3, 0.4) is 0 Å². The zero-order chi connectivity index (χ0) is 22.1. The molecule has 0 bridgehead atoms. The van der Waals surface area contributed by atoms with Crippen LogP contribution >= 0.6 is 11.8 Å². The SMILES string of the molecule is CC(=O)c1cc(NC(=O)CSc2nc(N)c(C#N)c(C3CC3)c2C#N)cc2c1OCO2. The second kappa shape index (κ2) is 8.17. The first-order chi connectivity index (χ1) is 14.9. The van der Waals surface area contributed by atoms with Crippen molar-refractivity contribution in [2.45, 2.75) is 30.7 Å². The smallest absolute Gasteiger partial charge is 0.234 e. The molecule has 2 aromatic rings. The van der Waals surface area contributed by atoms with Crippen molar-refractivity contribution in [2.24, 2.45) is 0 Å². The summed E-state index contributed by atoms with van der Waals surface area (Å²) in [6.45, 7) is 1.41. The fourth-order valence-corrected chi connectivity index (χ4v) is 4.19. The summed E-state index contributed by atoms with van der Waals surface area (Å²) in [7, 11) is 0. The van der Waals surface area contributed by atoms with Gasteiger partial charge in [-0.3, -0.25) is 9.59 Å². The lowest BCUT2D eigenvalue weighted by Gasteiger charge is -2.12. The summed E-state index contributed by atoms with van der Waals surface area (Å²) in [5.41, 5.74) is 7.82. The topological polar surface area (TPSA) is 151 Å². The quantitative estimate of drug-likeness (QED) is 0.515. The first-order valence-electron chi connectivity index (χ1n) is 9.43. The molecule has 1 saturated carbocycles. The van der Waals surface area contributed by atoms with Crippen LogP contribution < -0.4 is 20.5 Å². The van der Waals surface area contributed by atoms with Gasteiger partial charge in [0.15, 0.2) is 17.3 Å². The first-order valence-corrected chi connectivity index (χ1v) is 10.4. The highest BCUT2D eigenvalue weighted by Crippen LogP contribution is 2.46. The van der Waals surface area contributed by atoms with Crippen LogP contribution in [0.1, 0.15) is 52.7 Å². The molecule has 1 aliphatic heterocycles. The summed E-state index contributed by atoms with van der Waals surface area (Å²) in [6.07, 6.45) is 1.78. The monoisotopic (exact) mass is 435 g/mol. The highest BCUT2D eigenvalue weighted by atomic mass is 32.2. The number of anilines is 2. The second-order valence-electron chi connectivity index (χ2n) is 7.11. The fourth-order valence-electron chi connectivity index (χ4n) is 3.38. The van der Waals surface area contributed by atoms with Gasteiger partial charge in [-0.25, -0.2) is 4.98 Å². The lowest BCUT2D eigenvalue weighted by molar-refractivity contribution is -0.113. The van der Waals surface area contributed by atoms with Gasteiger partial charge in [0.2, 0.25) is 12.7 Å². The number of nitrogens with zero attached hydrogens (tertiary/aromatic N) is 3. The molecule has 1 fully saturated rings. The maximum absolute atomic E-state index is 12.5. The Bertz CT molecular complexity index is 1190. The molecule has 0 unspecified atom stereocenters. The minimum Gasteiger partial charge on any atom is -0.453 e. The summed E-state index contributed by atoms with van der Waals surface area (Å²) >= 11 is 1.07. The molecule has 0 atom stereocenters. The Morgan fingerprint density at radius 3 is 2.65 bits per heavy atom. The van der Waals surface area contributed by atoms with Crippen LogP contribution in [0, 0.1) is 22.7 Å². The minimum absolute atomic E-state index is 0.00884. The number of Topliss-reactive ketones (excluding diaryl/α,β-unsaturated/α-hetero) is 1. The van der Waals surface area contributed by atoms with Crippen LogP contribution in [0.5, 0.6) is 11.5 Å². The molecule has 0 spiro atoms. The Kier molecular flexibility index (Phi) is 5.40. The van der Waals surface area contributed by atoms with Gasteiger partial charge in [0, 0.05) is 11.8 Å². The molecule has 2 heterocycles. The van der Waals surface area contributed by atoms with Crippen LogP contribution in [0.25, 0.3) is 0 Å². The lowest BCUT2D eigenvalue weighted by Crippen LogP contribution is -2.15. The number of nitrogen functional groups attached to an aromatic ring is 1. The van der Waals surface area contributed by atoms with Crippen molar-refractivity contribution in [1.29, 1.82) is 10.5 Å². The molecule has 1 aromatic carbocycles. The minimum atomic E-state index is -0.361. The molecule has 156 valence electrons. The van der Waals surface area contributed by atoms with Gasteiger partial charge in [-0.2, -0.15) is 10.5 Å². The highest BCUT2D eigenvalue weighted by Gasteiger charge is 2.32. The van der Waals surface area contributed by atoms with Gasteiger partial charge < -0.3 is 20.5 Å². The highest BCUT2D eigenvalue weighted by molar-refractivity contribution is 8.00. The third kappa shape index (κ3) is 3.98. The maximum Gasteiger partial charge on any atom is 0.234 e. The number of nitriles is 2. The van der Waals surface area contributed by atoms with E-state index in [-0.39, 0.29) is 41.5 Å². The molecule has 3 N–H and O–H groups in total. The number of rotatable bonds is 6. The number of pyridine rings is 1. The van der Waals surface area contributed by atoms with Crippen LogP contribution in [-0.2, 0) is 4.79 Å². The van der Waals surface area contributed by atoms with Crippen molar-refractivity contribution in [3.05, 3.63) is 34.4 Å². The largest absolute Gasteiger partial charge is 0.453 e. The number of nitrogens with two attached hydrogens (primary N) is 1. The zero-order valence-electron chi connectivity index (χ0n) is 16.5. The Hall–Kier alpha value is -3.76. The molecular formula is C21H17N5O4S. The van der Waals surface area contributed by atoms with E-state index >= 15 is 0 Å². The Morgan fingerprint density at radius 1 is 1.26 bits per heavy atom. The van der Waals surface area contributed by atoms with Crippen molar-refractivity contribution in [3.63, 3.8) is 0 Å². The fraction of sp³-hybridized carbons (Fsp3) is 0.286. The van der Waals surface area contributed by atoms with Crippen molar-refractivity contribution >= 4 is 35.0 Å². The average Bonchev–Trinajstić information content (AvgIpc) is 3.47. The van der Waals surface area contributed by atoms with E-state index < -0.39 is 0 Å². The van der Waals surface area contributed by atoms with Gasteiger partial charge in [0.25, 0.3) is 0 Å². The summed E-state index contributed by atoms with van der Waals surface area (Å²) in [6, 6.07) is 7.28. The summed E-state index contributed by atoms with van der Waals surface area (Å²) < 4.78 is 10.6. The number of hydrogen-bond acceptors (Lipinski definition) is 9. The molecule has 4 rings (SSSR count). The Balaban J connectivity index is 1.53. The summed E-state index contributed by atoms with van der Waals surface area (Å²) in [4.78, 5) is 28.6. The van der Waals surface area contributed by atoms with Crippen molar-refractivity contribution < 1.29 is 19.1 Å². The predicted octanol–water partition coefficient (Wildman–Crippen LogP) is 2.95. The number of thioether (sulfide) groups is 1. The summed E-state index contributed by atoms with van der Waals surface area (Å²) in [5, 5.41) is 22.1. The van der Waals surface area contributed by atoms with E-state index in [9.17, 15) is 20.1 Å². The van der Waals surface area contributed by atoms with Crippen molar-refractivity contribution in [3.8, 4) is 23.6 Å². The van der Waals surface area contributed by atoms with E-state index in [2.05, 4.69) is 16.4 Å². The first kappa shape index (κ1) is 20.5. The van der Waals surface area contributed by atoms with E-state index in [1.807, 2.05) is 6.07 Å². The van der Waals surface area contributed by atoms with E-state index in [1.54, 1.807) is 6.07 Å². The Morgan fingerprint density at radius 2 is 2.00 bits per heavy atom. The number of nitrogens with one attached hydrogen (secondary N) is 1. The van der Waals surface area contributed by atoms with Gasteiger partial charge in [0.05, 0.1) is 22.4 Å². The maximum atomic E-state index is 12.5. The second-order valence-corrected chi connectivity index (χ2v) is 8.08. The number of carbonyl (C=O) groups excluding carboxylic acids is 2. The van der Waals surface area contributed by atoms with Crippen LogP contribution in [0.15, 0.2) is 17.2 Å². The third-order valence-electron chi connectivity index (χ3n) is 4.92. The molecule has 0 saturated heterocycles. The van der Waals surface area contributed by atoms with Gasteiger partial charge in [-0.1, -0.05) is 11.8 Å². The molecule has 31 heavy (non-hydrogen) atoms. The number of hydrogen-bond donors (Lipinski definition) is 2. The van der Waals surface area contributed by atoms with E-state index in [4.69, 9.17) is 15.2 Å². The normalized spacial score (nSPS) is 13.9. The van der Waals surface area contributed by atoms with Crippen molar-refractivity contribution in [2.75, 3.05) is 23.6 Å². The number of fused-ring (bicyclic) bond motifs is 1. The molecule has 1 aromatic heterocycles. The van der Waals surface area contributed by atoms with E-state index in [1.165, 1.54) is 13.0 Å². The Labute approximate surface area is 182 Å². The molecule has 1 aliphatic carbocycles. The van der Waals surface area contributed by atoms with Gasteiger partial charge >= 0.3 is 0 Å². The number of ketones is 1. The third-order valence-corrected chi connectivity index (χ3v) is 5.89. The molecule has 2 aliphatic rings. The number of ether oxygens (including phenoxy) is 2.